The van der Waals surface area contributed by atoms with Gasteiger partial charge in [0.15, 0.2) is 16.7 Å². The Morgan fingerprint density at radius 3 is 2.59 bits per heavy atom. The highest BCUT2D eigenvalue weighted by molar-refractivity contribution is 8.00. The smallest absolute Gasteiger partial charge is 0.233 e. The number of ether oxygens (including phenoxy) is 2. The fraction of sp³-hybridized carbons (Fsp3) is 0.545. The van der Waals surface area contributed by atoms with Gasteiger partial charge in [-0.25, -0.2) is 4.98 Å². The second kappa shape index (κ2) is 9.57. The van der Waals surface area contributed by atoms with Gasteiger partial charge in [-0.3, -0.25) is 4.79 Å². The third-order valence-electron chi connectivity index (χ3n) is 5.61. The van der Waals surface area contributed by atoms with Gasteiger partial charge in [0.05, 0.1) is 25.2 Å². The van der Waals surface area contributed by atoms with Crippen molar-refractivity contribution < 1.29 is 14.3 Å². The minimum absolute atomic E-state index is 0.000984. The summed E-state index contributed by atoms with van der Waals surface area (Å²) in [5, 5.41) is 3.76. The first kappa shape index (κ1) is 21.6. The van der Waals surface area contributed by atoms with Crippen molar-refractivity contribution in [2.45, 2.75) is 69.4 Å². The van der Waals surface area contributed by atoms with Crippen LogP contribution in [0.4, 0.5) is 0 Å². The zero-order valence-electron chi connectivity index (χ0n) is 17.9. The summed E-state index contributed by atoms with van der Waals surface area (Å²) in [6.07, 6.45) is 4.94. The zero-order chi connectivity index (χ0) is 21.0. The van der Waals surface area contributed by atoms with Crippen molar-refractivity contribution in [3.63, 3.8) is 0 Å². The van der Waals surface area contributed by atoms with Gasteiger partial charge in [-0.05, 0) is 51.3 Å². The van der Waals surface area contributed by atoms with Crippen molar-refractivity contribution in [1.29, 1.82) is 0 Å². The summed E-state index contributed by atoms with van der Waals surface area (Å²) < 4.78 is 12.9. The minimum atomic E-state index is -0.225. The largest absolute Gasteiger partial charge is 0.493 e. The van der Waals surface area contributed by atoms with Gasteiger partial charge in [0.1, 0.15) is 0 Å². The zero-order valence-corrected chi connectivity index (χ0v) is 18.8. The second-order valence-electron chi connectivity index (χ2n) is 7.54. The Morgan fingerprint density at radius 2 is 1.93 bits per heavy atom. The van der Waals surface area contributed by atoms with E-state index in [0.29, 0.717) is 24.1 Å². The van der Waals surface area contributed by atoms with Gasteiger partial charge in [-0.2, -0.15) is 0 Å². The molecule has 1 aromatic carbocycles. The Labute approximate surface area is 177 Å². The number of imidazole rings is 1. The first-order chi connectivity index (χ1) is 13.9. The molecule has 29 heavy (non-hydrogen) atoms. The Hall–Kier alpha value is -2.15. The highest BCUT2D eigenvalue weighted by atomic mass is 32.2. The van der Waals surface area contributed by atoms with E-state index < -0.39 is 0 Å². The number of benzene rings is 1. The van der Waals surface area contributed by atoms with Crippen LogP contribution in [0.5, 0.6) is 11.5 Å². The fourth-order valence-electron chi connectivity index (χ4n) is 3.81. The van der Waals surface area contributed by atoms with Crippen LogP contribution in [-0.4, -0.2) is 34.9 Å². The van der Waals surface area contributed by atoms with E-state index in [1.165, 1.54) is 31.4 Å². The molecule has 1 unspecified atom stereocenters. The number of rotatable bonds is 8. The molecule has 1 atom stereocenters. The summed E-state index contributed by atoms with van der Waals surface area (Å²) in [6, 6.07) is 6.18. The molecule has 7 heteroatoms. The molecule has 3 rings (SSSR count). The van der Waals surface area contributed by atoms with Gasteiger partial charge < -0.3 is 19.4 Å². The number of methoxy groups -OCH3 is 2. The van der Waals surface area contributed by atoms with E-state index >= 15 is 0 Å². The molecule has 1 saturated carbocycles. The van der Waals surface area contributed by atoms with Crippen LogP contribution in [0.1, 0.15) is 55.6 Å². The molecule has 1 heterocycles. The van der Waals surface area contributed by atoms with E-state index in [4.69, 9.17) is 14.5 Å². The van der Waals surface area contributed by atoms with Crippen LogP contribution in [-0.2, 0) is 11.3 Å². The first-order valence-electron chi connectivity index (χ1n) is 10.1. The van der Waals surface area contributed by atoms with Gasteiger partial charge >= 0.3 is 0 Å². The number of hydrogen-bond donors (Lipinski definition) is 1. The maximum atomic E-state index is 12.7. The average Bonchev–Trinajstić information content (AvgIpc) is 3.34. The lowest BCUT2D eigenvalue weighted by Gasteiger charge is -2.19. The molecule has 6 nitrogen and oxygen atoms in total. The fourth-order valence-corrected chi connectivity index (χ4v) is 4.90. The third kappa shape index (κ3) is 4.89. The molecule has 0 bridgehead atoms. The molecule has 0 aliphatic heterocycles. The molecule has 0 spiro atoms. The molecular formula is C22H31N3O3S. The molecule has 1 fully saturated rings. The minimum Gasteiger partial charge on any atom is -0.493 e. The van der Waals surface area contributed by atoms with E-state index in [2.05, 4.69) is 16.8 Å². The van der Waals surface area contributed by atoms with Gasteiger partial charge in [-0.1, -0.05) is 30.7 Å². The average molecular weight is 418 g/mol. The second-order valence-corrected chi connectivity index (χ2v) is 8.85. The first-order valence-corrected chi connectivity index (χ1v) is 11.0. The van der Waals surface area contributed by atoms with Crippen LogP contribution in [0.15, 0.2) is 23.4 Å². The van der Waals surface area contributed by atoms with Crippen LogP contribution in [0.3, 0.4) is 0 Å². The molecule has 0 radical (unpaired) electrons. The predicted octanol–water partition coefficient (Wildman–Crippen LogP) is 4.43. The van der Waals surface area contributed by atoms with Crippen molar-refractivity contribution >= 4 is 17.7 Å². The lowest BCUT2D eigenvalue weighted by molar-refractivity contribution is -0.120. The molecule has 0 saturated heterocycles. The Bertz CT molecular complexity index is 859. The molecule has 2 aromatic rings. The Kier molecular flexibility index (Phi) is 7.11. The number of aromatic nitrogens is 2. The lowest BCUT2D eigenvalue weighted by atomic mass is 10.2. The van der Waals surface area contributed by atoms with Crippen LogP contribution < -0.4 is 14.8 Å². The standard InChI is InChI=1S/C22H31N3O3S/c1-14-15(2)25(18-8-6-7-9-18)22(24-14)29-16(3)21(26)23-13-17-10-11-19(27-4)20(12-17)28-5/h10-12,16,18H,6-9,13H2,1-5H3,(H,23,26). The number of carbonyl (C=O) groups excluding carboxylic acids is 1. The summed E-state index contributed by atoms with van der Waals surface area (Å²) in [4.78, 5) is 17.5. The van der Waals surface area contributed by atoms with E-state index in [-0.39, 0.29) is 11.2 Å². The van der Waals surface area contributed by atoms with Gasteiger partial charge in [0.2, 0.25) is 5.91 Å². The van der Waals surface area contributed by atoms with Gasteiger partial charge in [0, 0.05) is 18.3 Å². The number of amides is 1. The van der Waals surface area contributed by atoms with Crippen LogP contribution in [0.2, 0.25) is 0 Å². The Morgan fingerprint density at radius 1 is 1.24 bits per heavy atom. The predicted molar refractivity (Wildman–Crippen MR) is 116 cm³/mol. The normalized spacial score (nSPS) is 15.3. The summed E-state index contributed by atoms with van der Waals surface area (Å²) in [7, 11) is 3.21. The molecule has 1 amide bonds. The van der Waals surface area contributed by atoms with Crippen molar-refractivity contribution in [3.8, 4) is 11.5 Å². The topological polar surface area (TPSA) is 65.4 Å². The van der Waals surface area contributed by atoms with Crippen molar-refractivity contribution in [1.82, 2.24) is 14.9 Å². The molecule has 1 aliphatic rings. The summed E-state index contributed by atoms with van der Waals surface area (Å²) in [6.45, 7) is 6.56. The summed E-state index contributed by atoms with van der Waals surface area (Å²) >= 11 is 1.54. The molecule has 1 N–H and O–H groups in total. The Balaban J connectivity index is 1.63. The number of hydrogen-bond acceptors (Lipinski definition) is 5. The maximum absolute atomic E-state index is 12.7. The quantitative estimate of drug-likeness (QED) is 0.644. The summed E-state index contributed by atoms with van der Waals surface area (Å²) in [5.41, 5.74) is 3.24. The number of nitrogens with zero attached hydrogens (tertiary/aromatic N) is 2. The van der Waals surface area contributed by atoms with E-state index in [0.717, 1.165) is 16.4 Å². The van der Waals surface area contributed by atoms with Crippen molar-refractivity contribution in [3.05, 3.63) is 35.2 Å². The van der Waals surface area contributed by atoms with Gasteiger partial charge in [0.25, 0.3) is 0 Å². The van der Waals surface area contributed by atoms with Crippen molar-refractivity contribution in [2.75, 3.05) is 14.2 Å². The lowest BCUT2D eigenvalue weighted by Crippen LogP contribution is -2.30. The highest BCUT2D eigenvalue weighted by Gasteiger charge is 2.25. The molecule has 158 valence electrons. The third-order valence-corrected chi connectivity index (χ3v) is 6.68. The maximum Gasteiger partial charge on any atom is 0.233 e. The number of aryl methyl sites for hydroxylation is 1. The number of carbonyl (C=O) groups is 1. The highest BCUT2D eigenvalue weighted by Crippen LogP contribution is 2.36. The summed E-state index contributed by atoms with van der Waals surface area (Å²) in [5.74, 6) is 1.34. The van der Waals surface area contributed by atoms with Crippen LogP contribution in [0.25, 0.3) is 0 Å². The molecule has 1 aliphatic carbocycles. The number of thioether (sulfide) groups is 1. The van der Waals surface area contributed by atoms with Gasteiger partial charge in [-0.15, -0.1) is 0 Å². The SMILES string of the molecule is COc1ccc(CNC(=O)C(C)Sc2nc(C)c(C)n2C2CCCC2)cc1OC. The van der Waals surface area contributed by atoms with Crippen LogP contribution >= 0.6 is 11.8 Å². The van der Waals surface area contributed by atoms with E-state index in [1.54, 1.807) is 26.0 Å². The number of nitrogens with one attached hydrogen (secondary N) is 1. The molecular weight excluding hydrogens is 386 g/mol. The monoisotopic (exact) mass is 417 g/mol. The van der Waals surface area contributed by atoms with E-state index in [9.17, 15) is 4.79 Å². The van der Waals surface area contributed by atoms with E-state index in [1.807, 2.05) is 32.0 Å². The van der Waals surface area contributed by atoms with Crippen LogP contribution in [0, 0.1) is 13.8 Å². The van der Waals surface area contributed by atoms with Crippen molar-refractivity contribution in [2.24, 2.45) is 0 Å². The molecule has 1 aromatic heterocycles.